The van der Waals surface area contributed by atoms with E-state index in [9.17, 15) is 0 Å². The van der Waals surface area contributed by atoms with Gasteiger partial charge in [-0.3, -0.25) is 9.89 Å². The quantitative estimate of drug-likeness (QED) is 0.612. The SMILES string of the molecule is CN=C(NCC1(C)COC1)N1CCC(N2CCCC2)C1. The maximum Gasteiger partial charge on any atom is 0.193 e. The Bertz CT molecular complexity index is 361. The first-order valence-electron chi connectivity index (χ1n) is 7.98. The minimum absolute atomic E-state index is 0.296. The zero-order valence-corrected chi connectivity index (χ0v) is 12.9. The summed E-state index contributed by atoms with van der Waals surface area (Å²) in [5.41, 5.74) is 0.296. The zero-order chi connectivity index (χ0) is 14.0. The maximum atomic E-state index is 5.31. The second-order valence-electron chi connectivity index (χ2n) is 6.84. The van der Waals surface area contributed by atoms with Gasteiger partial charge in [0.05, 0.1) is 13.2 Å². The molecular weight excluding hydrogens is 252 g/mol. The molecule has 5 heteroatoms. The Balaban J connectivity index is 1.49. The molecule has 0 spiro atoms. The summed E-state index contributed by atoms with van der Waals surface area (Å²) in [5.74, 6) is 1.07. The molecule has 0 aromatic heterocycles. The van der Waals surface area contributed by atoms with Crippen molar-refractivity contribution < 1.29 is 4.74 Å². The van der Waals surface area contributed by atoms with Gasteiger partial charge in [0.25, 0.3) is 0 Å². The van der Waals surface area contributed by atoms with E-state index in [1.54, 1.807) is 0 Å². The van der Waals surface area contributed by atoms with Crippen LogP contribution in [0.3, 0.4) is 0 Å². The van der Waals surface area contributed by atoms with E-state index in [1.165, 1.54) is 32.4 Å². The Morgan fingerprint density at radius 1 is 1.30 bits per heavy atom. The molecule has 0 aliphatic carbocycles. The second kappa shape index (κ2) is 5.90. The van der Waals surface area contributed by atoms with E-state index >= 15 is 0 Å². The zero-order valence-electron chi connectivity index (χ0n) is 12.9. The predicted molar refractivity (Wildman–Crippen MR) is 81.1 cm³/mol. The number of nitrogens with zero attached hydrogens (tertiary/aromatic N) is 3. The van der Waals surface area contributed by atoms with E-state index in [2.05, 4.69) is 27.0 Å². The standard InChI is InChI=1S/C15H28N4O/c1-15(11-20-12-15)10-17-14(16-2)19-8-5-13(9-19)18-6-3-4-7-18/h13H,3-12H2,1-2H3,(H,16,17). The van der Waals surface area contributed by atoms with Gasteiger partial charge in [0.1, 0.15) is 0 Å². The highest BCUT2D eigenvalue weighted by Crippen LogP contribution is 2.25. The lowest BCUT2D eigenvalue weighted by molar-refractivity contribution is -0.0972. The summed E-state index contributed by atoms with van der Waals surface area (Å²) in [4.78, 5) is 9.55. The van der Waals surface area contributed by atoms with Crippen LogP contribution < -0.4 is 5.32 Å². The minimum atomic E-state index is 0.296. The largest absolute Gasteiger partial charge is 0.380 e. The van der Waals surface area contributed by atoms with Gasteiger partial charge in [-0.15, -0.1) is 0 Å². The third-order valence-electron chi connectivity index (χ3n) is 4.91. The summed E-state index contributed by atoms with van der Waals surface area (Å²) in [5, 5.41) is 3.54. The highest BCUT2D eigenvalue weighted by Gasteiger charge is 2.35. The van der Waals surface area contributed by atoms with Crippen molar-refractivity contribution in [2.45, 2.75) is 32.2 Å². The van der Waals surface area contributed by atoms with Gasteiger partial charge in [0, 0.05) is 38.1 Å². The molecule has 3 saturated heterocycles. The predicted octanol–water partition coefficient (Wildman–Crippen LogP) is 0.768. The van der Waals surface area contributed by atoms with Crippen molar-refractivity contribution in [3.63, 3.8) is 0 Å². The van der Waals surface area contributed by atoms with Gasteiger partial charge in [0.15, 0.2) is 5.96 Å². The number of nitrogens with one attached hydrogen (secondary N) is 1. The van der Waals surface area contributed by atoms with E-state index in [4.69, 9.17) is 4.74 Å². The molecule has 114 valence electrons. The minimum Gasteiger partial charge on any atom is -0.380 e. The van der Waals surface area contributed by atoms with Crippen LogP contribution in [0.25, 0.3) is 0 Å². The molecule has 3 heterocycles. The van der Waals surface area contributed by atoms with E-state index in [1.807, 2.05) is 7.05 Å². The average Bonchev–Trinajstić information content (AvgIpc) is 3.08. The van der Waals surface area contributed by atoms with Crippen molar-refractivity contribution in [1.82, 2.24) is 15.1 Å². The molecule has 3 fully saturated rings. The molecule has 0 bridgehead atoms. The van der Waals surface area contributed by atoms with Crippen molar-refractivity contribution in [3.05, 3.63) is 0 Å². The normalized spacial score (nSPS) is 30.6. The van der Waals surface area contributed by atoms with Crippen LogP contribution in [0, 0.1) is 5.41 Å². The van der Waals surface area contributed by atoms with Gasteiger partial charge >= 0.3 is 0 Å². The number of ether oxygens (including phenoxy) is 1. The molecular formula is C15H28N4O. The molecule has 0 radical (unpaired) electrons. The average molecular weight is 280 g/mol. The Kier molecular flexibility index (Phi) is 4.17. The van der Waals surface area contributed by atoms with Gasteiger partial charge in [-0.05, 0) is 32.4 Å². The van der Waals surface area contributed by atoms with Gasteiger partial charge in [-0.1, -0.05) is 6.92 Å². The second-order valence-corrected chi connectivity index (χ2v) is 6.84. The molecule has 3 rings (SSSR count). The highest BCUT2D eigenvalue weighted by molar-refractivity contribution is 5.80. The number of hydrogen-bond donors (Lipinski definition) is 1. The number of likely N-dealkylation sites (tertiary alicyclic amines) is 2. The van der Waals surface area contributed by atoms with Crippen LogP contribution in [0.2, 0.25) is 0 Å². The molecule has 0 amide bonds. The van der Waals surface area contributed by atoms with Crippen molar-refractivity contribution >= 4 is 5.96 Å². The molecule has 3 aliphatic rings. The van der Waals surface area contributed by atoms with Crippen molar-refractivity contribution in [1.29, 1.82) is 0 Å². The number of rotatable bonds is 3. The van der Waals surface area contributed by atoms with Crippen LogP contribution in [0.5, 0.6) is 0 Å². The van der Waals surface area contributed by atoms with Gasteiger partial charge in [-0.25, -0.2) is 0 Å². The van der Waals surface area contributed by atoms with Crippen LogP contribution in [-0.2, 0) is 4.74 Å². The van der Waals surface area contributed by atoms with E-state index in [0.29, 0.717) is 5.41 Å². The first kappa shape index (κ1) is 14.1. The lowest BCUT2D eigenvalue weighted by Gasteiger charge is -2.39. The number of guanidine groups is 1. The van der Waals surface area contributed by atoms with Gasteiger partial charge < -0.3 is 15.0 Å². The molecule has 5 nitrogen and oxygen atoms in total. The fourth-order valence-electron chi connectivity index (χ4n) is 3.52. The summed E-state index contributed by atoms with van der Waals surface area (Å²) >= 11 is 0. The first-order chi connectivity index (χ1) is 9.70. The van der Waals surface area contributed by atoms with E-state index in [0.717, 1.165) is 44.8 Å². The van der Waals surface area contributed by atoms with Gasteiger partial charge in [0.2, 0.25) is 0 Å². The van der Waals surface area contributed by atoms with E-state index < -0.39 is 0 Å². The summed E-state index contributed by atoms with van der Waals surface area (Å²) in [6.07, 6.45) is 4.03. The number of hydrogen-bond acceptors (Lipinski definition) is 3. The van der Waals surface area contributed by atoms with Crippen LogP contribution >= 0.6 is 0 Å². The highest BCUT2D eigenvalue weighted by atomic mass is 16.5. The third-order valence-corrected chi connectivity index (χ3v) is 4.91. The summed E-state index contributed by atoms with van der Waals surface area (Å²) in [6.45, 7) is 9.82. The maximum absolute atomic E-state index is 5.31. The van der Waals surface area contributed by atoms with Crippen molar-refractivity contribution in [2.24, 2.45) is 10.4 Å². The Hall–Kier alpha value is -0.810. The first-order valence-corrected chi connectivity index (χ1v) is 7.98. The van der Waals surface area contributed by atoms with Gasteiger partial charge in [-0.2, -0.15) is 0 Å². The Morgan fingerprint density at radius 2 is 2.05 bits per heavy atom. The Labute approximate surface area is 122 Å². The summed E-state index contributed by atoms with van der Waals surface area (Å²) < 4.78 is 5.31. The smallest absolute Gasteiger partial charge is 0.193 e. The summed E-state index contributed by atoms with van der Waals surface area (Å²) in [7, 11) is 1.89. The monoisotopic (exact) mass is 280 g/mol. The lowest BCUT2D eigenvalue weighted by atomic mass is 9.89. The topological polar surface area (TPSA) is 40.1 Å². The van der Waals surface area contributed by atoms with Crippen LogP contribution in [0.15, 0.2) is 4.99 Å². The molecule has 1 atom stereocenters. The fraction of sp³-hybridized carbons (Fsp3) is 0.933. The van der Waals surface area contributed by atoms with Crippen LogP contribution in [-0.4, -0.2) is 74.8 Å². The molecule has 1 N–H and O–H groups in total. The third kappa shape index (κ3) is 2.93. The van der Waals surface area contributed by atoms with Crippen molar-refractivity contribution in [3.8, 4) is 0 Å². The van der Waals surface area contributed by atoms with E-state index in [-0.39, 0.29) is 0 Å². The number of aliphatic imine (C=N–C) groups is 1. The molecule has 20 heavy (non-hydrogen) atoms. The summed E-state index contributed by atoms with van der Waals surface area (Å²) in [6, 6.07) is 0.735. The van der Waals surface area contributed by atoms with Crippen LogP contribution in [0.4, 0.5) is 0 Å². The molecule has 1 unspecified atom stereocenters. The Morgan fingerprint density at radius 3 is 2.65 bits per heavy atom. The van der Waals surface area contributed by atoms with Crippen molar-refractivity contribution in [2.75, 3.05) is 53.0 Å². The molecule has 3 aliphatic heterocycles. The molecule has 0 aromatic carbocycles. The lowest BCUT2D eigenvalue weighted by Crippen LogP contribution is -2.51. The molecule has 0 saturated carbocycles. The van der Waals surface area contributed by atoms with Crippen LogP contribution in [0.1, 0.15) is 26.2 Å². The molecule has 0 aromatic rings. The fourth-order valence-corrected chi connectivity index (χ4v) is 3.52.